The number of nitro benzene ring substituents is 1. The number of hydrogen-bond acceptors (Lipinski definition) is 3. The smallest absolute Gasteiger partial charge is 0.269 e. The van der Waals surface area contributed by atoms with Gasteiger partial charge in [-0.15, -0.1) is 0 Å². The zero-order chi connectivity index (χ0) is 25.1. The number of nitro groups is 1. The van der Waals surface area contributed by atoms with E-state index in [1.165, 1.54) is 82.8 Å². The first-order chi connectivity index (χ1) is 17.1. The number of rotatable bonds is 18. The van der Waals surface area contributed by atoms with Crippen LogP contribution in [0.15, 0.2) is 54.6 Å². The van der Waals surface area contributed by atoms with Crippen LogP contribution >= 0.6 is 0 Å². The van der Waals surface area contributed by atoms with E-state index in [1.54, 1.807) is 18.2 Å². The summed E-state index contributed by atoms with van der Waals surface area (Å²) in [6.07, 6.45) is 18.7. The van der Waals surface area contributed by atoms with Crippen LogP contribution in [0.2, 0.25) is 0 Å². The molecule has 0 unspecified atom stereocenters. The highest BCUT2D eigenvalue weighted by Gasteiger charge is 2.12. The molecule has 0 bridgehead atoms. The molecule has 5 heteroatoms. The molecule has 0 atom stereocenters. The van der Waals surface area contributed by atoms with Gasteiger partial charge in [0, 0.05) is 24.3 Å². The summed E-state index contributed by atoms with van der Waals surface area (Å²) in [5.41, 5.74) is 2.18. The Kier molecular flexibility index (Phi) is 14.1. The second-order valence-electron chi connectivity index (χ2n) is 9.27. The molecule has 35 heavy (non-hydrogen) atoms. The molecule has 0 fully saturated rings. The predicted octanol–water partition coefficient (Wildman–Crippen LogP) is 8.34. The molecule has 1 amide bonds. The molecule has 0 aliphatic rings. The zero-order valence-corrected chi connectivity index (χ0v) is 21.3. The summed E-state index contributed by atoms with van der Waals surface area (Å²) in [6, 6.07) is 15.8. The Hall–Kier alpha value is -2.95. The van der Waals surface area contributed by atoms with E-state index in [1.807, 2.05) is 30.3 Å². The number of non-ortho nitro benzene ring substituents is 1. The van der Waals surface area contributed by atoms with Gasteiger partial charge in [0.05, 0.1) is 4.92 Å². The molecule has 1 N–H and O–H groups in total. The van der Waals surface area contributed by atoms with Crippen LogP contribution in [0.1, 0.15) is 102 Å². The largest absolute Gasteiger partial charge is 0.352 e. The lowest BCUT2D eigenvalue weighted by molar-refractivity contribution is -0.384. The van der Waals surface area contributed by atoms with Gasteiger partial charge in [-0.2, -0.15) is 0 Å². The zero-order valence-electron chi connectivity index (χ0n) is 21.3. The molecule has 0 radical (unpaired) electrons. The molecular formula is C30H42N2O3. The Morgan fingerprint density at radius 2 is 1.29 bits per heavy atom. The van der Waals surface area contributed by atoms with Gasteiger partial charge in [0.2, 0.25) is 0 Å². The quantitative estimate of drug-likeness (QED) is 0.0769. The minimum Gasteiger partial charge on any atom is -0.352 e. The Balaban J connectivity index is 1.70. The highest BCUT2D eigenvalue weighted by molar-refractivity contribution is 6.24. The minimum absolute atomic E-state index is 0.0373. The summed E-state index contributed by atoms with van der Waals surface area (Å²) in [5.74, 6) is -0.117. The maximum atomic E-state index is 13.0. The minimum atomic E-state index is -0.423. The van der Waals surface area contributed by atoms with Gasteiger partial charge >= 0.3 is 0 Å². The number of carbonyl (C=O) groups is 1. The summed E-state index contributed by atoms with van der Waals surface area (Å²) >= 11 is 0. The van der Waals surface area contributed by atoms with Crippen LogP contribution in [0.5, 0.6) is 0 Å². The van der Waals surface area contributed by atoms with Crippen molar-refractivity contribution in [2.75, 3.05) is 6.54 Å². The van der Waals surface area contributed by atoms with Gasteiger partial charge in [-0.3, -0.25) is 14.9 Å². The molecule has 0 aliphatic carbocycles. The van der Waals surface area contributed by atoms with E-state index in [0.29, 0.717) is 12.1 Å². The lowest BCUT2D eigenvalue weighted by atomic mass is 10.0. The van der Waals surface area contributed by atoms with Gasteiger partial charge in [-0.1, -0.05) is 114 Å². The van der Waals surface area contributed by atoms with Crippen LogP contribution in [0, 0.1) is 10.1 Å². The number of nitrogens with zero attached hydrogens (tertiary/aromatic N) is 1. The third-order valence-corrected chi connectivity index (χ3v) is 6.31. The van der Waals surface area contributed by atoms with E-state index in [9.17, 15) is 14.9 Å². The lowest BCUT2D eigenvalue weighted by Gasteiger charge is -2.10. The maximum absolute atomic E-state index is 13.0. The van der Waals surface area contributed by atoms with Crippen LogP contribution in [0.4, 0.5) is 5.69 Å². The first kappa shape index (κ1) is 28.3. The number of nitrogens with one attached hydrogen (secondary N) is 1. The molecule has 0 aliphatic heterocycles. The summed E-state index contributed by atoms with van der Waals surface area (Å²) in [6.45, 7) is 2.92. The van der Waals surface area contributed by atoms with Crippen LogP contribution in [-0.4, -0.2) is 17.4 Å². The second kappa shape index (κ2) is 17.5. The van der Waals surface area contributed by atoms with Crippen molar-refractivity contribution in [2.45, 2.75) is 90.4 Å². The third-order valence-electron chi connectivity index (χ3n) is 6.31. The van der Waals surface area contributed by atoms with Crippen LogP contribution in [-0.2, 0) is 4.79 Å². The van der Waals surface area contributed by atoms with E-state index in [-0.39, 0.29) is 11.6 Å². The monoisotopic (exact) mass is 478 g/mol. The van der Waals surface area contributed by atoms with Gasteiger partial charge in [-0.25, -0.2) is 0 Å². The number of amides is 1. The number of carbonyl (C=O) groups excluding carboxylic acids is 1. The van der Waals surface area contributed by atoms with Crippen LogP contribution in [0.3, 0.4) is 0 Å². The van der Waals surface area contributed by atoms with Crippen molar-refractivity contribution in [2.24, 2.45) is 0 Å². The lowest BCUT2D eigenvalue weighted by Crippen LogP contribution is -2.25. The molecule has 2 rings (SSSR count). The van der Waals surface area contributed by atoms with Crippen LogP contribution < -0.4 is 5.32 Å². The molecule has 190 valence electrons. The van der Waals surface area contributed by atoms with Crippen molar-refractivity contribution in [3.63, 3.8) is 0 Å². The van der Waals surface area contributed by atoms with Crippen molar-refractivity contribution in [1.82, 2.24) is 5.32 Å². The molecule has 2 aromatic rings. The van der Waals surface area contributed by atoms with Gasteiger partial charge in [0.1, 0.15) is 0 Å². The SMILES string of the molecule is CCCCCCCCCCCCCCCNC(=O)C(=Cc1ccc([N+](=O)[O-])cc1)c1ccccc1. The summed E-state index contributed by atoms with van der Waals surface area (Å²) < 4.78 is 0. The van der Waals surface area contributed by atoms with Crippen molar-refractivity contribution in [1.29, 1.82) is 0 Å². The number of unbranched alkanes of at least 4 members (excludes halogenated alkanes) is 12. The molecule has 0 aromatic heterocycles. The summed E-state index contributed by atoms with van der Waals surface area (Å²) in [7, 11) is 0. The molecule has 0 saturated carbocycles. The van der Waals surface area contributed by atoms with E-state index in [4.69, 9.17) is 0 Å². The Labute approximate surface area is 211 Å². The number of hydrogen-bond donors (Lipinski definition) is 1. The predicted molar refractivity (Wildman–Crippen MR) is 146 cm³/mol. The van der Waals surface area contributed by atoms with Crippen molar-refractivity contribution >= 4 is 23.2 Å². The topological polar surface area (TPSA) is 72.2 Å². The van der Waals surface area contributed by atoms with E-state index in [2.05, 4.69) is 12.2 Å². The van der Waals surface area contributed by atoms with Gasteiger partial charge < -0.3 is 5.32 Å². The molecule has 5 nitrogen and oxygen atoms in total. The molecule has 0 heterocycles. The van der Waals surface area contributed by atoms with Crippen molar-refractivity contribution in [3.05, 3.63) is 75.8 Å². The van der Waals surface area contributed by atoms with Gasteiger partial charge in [-0.05, 0) is 35.8 Å². The molecule has 0 spiro atoms. The number of benzene rings is 2. The highest BCUT2D eigenvalue weighted by Crippen LogP contribution is 2.21. The Morgan fingerprint density at radius 3 is 1.80 bits per heavy atom. The van der Waals surface area contributed by atoms with E-state index in [0.717, 1.165) is 24.0 Å². The van der Waals surface area contributed by atoms with E-state index >= 15 is 0 Å². The Bertz CT molecular complexity index is 892. The first-order valence-electron chi connectivity index (χ1n) is 13.4. The average Bonchev–Trinajstić information content (AvgIpc) is 2.88. The summed E-state index contributed by atoms with van der Waals surface area (Å²) in [5, 5.41) is 14.0. The maximum Gasteiger partial charge on any atom is 0.269 e. The molecule has 0 saturated heterocycles. The first-order valence-corrected chi connectivity index (χ1v) is 13.4. The van der Waals surface area contributed by atoms with Crippen LogP contribution in [0.25, 0.3) is 11.6 Å². The Morgan fingerprint density at radius 1 is 0.771 bits per heavy atom. The highest BCUT2D eigenvalue weighted by atomic mass is 16.6. The van der Waals surface area contributed by atoms with Gasteiger partial charge in [0.25, 0.3) is 11.6 Å². The fraction of sp³-hybridized carbons (Fsp3) is 0.500. The fourth-order valence-corrected chi connectivity index (χ4v) is 4.20. The van der Waals surface area contributed by atoms with Gasteiger partial charge in [0.15, 0.2) is 0 Å². The van der Waals surface area contributed by atoms with E-state index < -0.39 is 4.92 Å². The van der Waals surface area contributed by atoms with Crippen molar-refractivity contribution < 1.29 is 9.72 Å². The summed E-state index contributed by atoms with van der Waals surface area (Å²) in [4.78, 5) is 23.4. The third kappa shape index (κ3) is 11.8. The fourth-order valence-electron chi connectivity index (χ4n) is 4.20. The normalized spacial score (nSPS) is 11.4. The second-order valence-corrected chi connectivity index (χ2v) is 9.27. The average molecular weight is 479 g/mol. The standard InChI is InChI=1S/C30H42N2O3/c1-2-3-4-5-6-7-8-9-10-11-12-13-17-24-31-30(33)29(27-18-15-14-16-19-27)25-26-20-22-28(23-21-26)32(34)35/h14-16,18-23,25H,2-13,17,24H2,1H3,(H,31,33). The molecular weight excluding hydrogens is 436 g/mol. The molecule has 2 aromatic carbocycles. The van der Waals surface area contributed by atoms with Crippen molar-refractivity contribution in [3.8, 4) is 0 Å².